The standard InChI is InChI=1S/C15H21BFNO2/c1-14(2)15(3,4)20-16(19-14)10-7-9-5-6-12(18)13(9)11(17)8-10/h7-8,12H,5-6,18H2,1-4H3. The Morgan fingerprint density at radius 2 is 1.80 bits per heavy atom. The van der Waals surface area contributed by atoms with E-state index in [0.717, 1.165) is 23.9 Å². The summed E-state index contributed by atoms with van der Waals surface area (Å²) >= 11 is 0. The highest BCUT2D eigenvalue weighted by molar-refractivity contribution is 6.62. The summed E-state index contributed by atoms with van der Waals surface area (Å²) in [5.41, 5.74) is 7.50. The van der Waals surface area contributed by atoms with Crippen LogP contribution in [0.4, 0.5) is 4.39 Å². The van der Waals surface area contributed by atoms with E-state index in [4.69, 9.17) is 15.0 Å². The molecule has 2 N–H and O–H groups in total. The van der Waals surface area contributed by atoms with Crippen molar-refractivity contribution in [2.45, 2.75) is 57.8 Å². The number of aryl methyl sites for hydroxylation is 1. The van der Waals surface area contributed by atoms with Crippen molar-refractivity contribution in [3.05, 3.63) is 29.1 Å². The molecule has 1 aliphatic heterocycles. The summed E-state index contributed by atoms with van der Waals surface area (Å²) in [6, 6.07) is 3.30. The maximum atomic E-state index is 14.2. The molecule has 0 aromatic heterocycles. The number of halogens is 1. The van der Waals surface area contributed by atoms with E-state index in [-0.39, 0.29) is 11.9 Å². The summed E-state index contributed by atoms with van der Waals surface area (Å²) in [5, 5.41) is 0. The molecule has 1 aromatic carbocycles. The minimum Gasteiger partial charge on any atom is -0.399 e. The Balaban J connectivity index is 1.96. The Morgan fingerprint density at radius 1 is 1.20 bits per heavy atom. The van der Waals surface area contributed by atoms with Crippen LogP contribution in [0.2, 0.25) is 0 Å². The number of rotatable bonds is 1. The zero-order valence-electron chi connectivity index (χ0n) is 12.5. The second-order valence-electron chi connectivity index (χ2n) is 6.81. The largest absolute Gasteiger partial charge is 0.494 e. The van der Waals surface area contributed by atoms with Crippen LogP contribution in [0.15, 0.2) is 12.1 Å². The van der Waals surface area contributed by atoms with E-state index in [1.54, 1.807) is 0 Å². The van der Waals surface area contributed by atoms with Crippen LogP contribution in [0.1, 0.15) is 51.3 Å². The van der Waals surface area contributed by atoms with E-state index in [1.165, 1.54) is 6.07 Å². The highest BCUT2D eigenvalue weighted by Crippen LogP contribution is 2.37. The molecule has 0 saturated carbocycles. The number of nitrogens with two attached hydrogens (primary N) is 1. The number of fused-ring (bicyclic) bond motifs is 1. The summed E-state index contributed by atoms with van der Waals surface area (Å²) in [4.78, 5) is 0. The van der Waals surface area contributed by atoms with Crippen LogP contribution in [-0.4, -0.2) is 18.3 Å². The first-order valence-electron chi connectivity index (χ1n) is 7.15. The molecule has 20 heavy (non-hydrogen) atoms. The Morgan fingerprint density at radius 3 is 2.40 bits per heavy atom. The van der Waals surface area contributed by atoms with Crippen molar-refractivity contribution < 1.29 is 13.7 Å². The van der Waals surface area contributed by atoms with Gasteiger partial charge in [0.05, 0.1) is 11.2 Å². The second kappa shape index (κ2) is 4.29. The van der Waals surface area contributed by atoms with Crippen molar-refractivity contribution in [2.24, 2.45) is 5.73 Å². The Kier molecular flexibility index (Phi) is 3.02. The topological polar surface area (TPSA) is 44.5 Å². The zero-order valence-corrected chi connectivity index (χ0v) is 12.5. The first-order valence-corrected chi connectivity index (χ1v) is 7.15. The molecule has 1 saturated heterocycles. The molecule has 1 heterocycles. The molecule has 1 fully saturated rings. The van der Waals surface area contributed by atoms with Gasteiger partial charge in [0, 0.05) is 11.6 Å². The lowest BCUT2D eigenvalue weighted by molar-refractivity contribution is 0.00578. The molecule has 1 aliphatic carbocycles. The van der Waals surface area contributed by atoms with Crippen molar-refractivity contribution in [3.8, 4) is 0 Å². The Hall–Kier alpha value is -0.905. The Bertz CT molecular complexity index is 543. The predicted octanol–water partition coefficient (Wildman–Crippen LogP) is 2.07. The number of hydrogen-bond acceptors (Lipinski definition) is 3. The van der Waals surface area contributed by atoms with Crippen molar-refractivity contribution in [2.75, 3.05) is 0 Å². The van der Waals surface area contributed by atoms with Crippen molar-refractivity contribution in [1.29, 1.82) is 0 Å². The smallest absolute Gasteiger partial charge is 0.399 e. The lowest BCUT2D eigenvalue weighted by Crippen LogP contribution is -2.41. The first-order chi connectivity index (χ1) is 9.21. The molecule has 1 unspecified atom stereocenters. The van der Waals surface area contributed by atoms with Crippen LogP contribution in [0.3, 0.4) is 0 Å². The van der Waals surface area contributed by atoms with Gasteiger partial charge in [-0.15, -0.1) is 0 Å². The van der Waals surface area contributed by atoms with Crippen molar-refractivity contribution in [1.82, 2.24) is 0 Å². The lowest BCUT2D eigenvalue weighted by Gasteiger charge is -2.32. The molecular formula is C15H21BFNO2. The van der Waals surface area contributed by atoms with Crippen molar-refractivity contribution in [3.63, 3.8) is 0 Å². The third kappa shape index (κ3) is 2.00. The van der Waals surface area contributed by atoms with Gasteiger partial charge in [0.2, 0.25) is 0 Å². The monoisotopic (exact) mass is 277 g/mol. The van der Waals surface area contributed by atoms with Gasteiger partial charge in [-0.25, -0.2) is 4.39 Å². The van der Waals surface area contributed by atoms with Gasteiger partial charge in [-0.05, 0) is 57.6 Å². The molecular weight excluding hydrogens is 256 g/mol. The first kappa shape index (κ1) is 14.0. The van der Waals surface area contributed by atoms with E-state index in [0.29, 0.717) is 5.56 Å². The number of hydrogen-bond donors (Lipinski definition) is 1. The van der Waals surface area contributed by atoms with Crippen LogP contribution < -0.4 is 11.2 Å². The van der Waals surface area contributed by atoms with E-state index < -0.39 is 18.3 Å². The van der Waals surface area contributed by atoms with Crippen LogP contribution in [0.25, 0.3) is 0 Å². The van der Waals surface area contributed by atoms with Gasteiger partial charge in [-0.1, -0.05) is 6.07 Å². The van der Waals surface area contributed by atoms with Gasteiger partial charge < -0.3 is 15.0 Å². The summed E-state index contributed by atoms with van der Waals surface area (Å²) < 4.78 is 26.2. The molecule has 3 nitrogen and oxygen atoms in total. The van der Waals surface area contributed by atoms with E-state index in [2.05, 4.69) is 0 Å². The maximum absolute atomic E-state index is 14.2. The van der Waals surface area contributed by atoms with Crippen LogP contribution >= 0.6 is 0 Å². The van der Waals surface area contributed by atoms with Crippen LogP contribution in [-0.2, 0) is 15.7 Å². The molecule has 5 heteroatoms. The van der Waals surface area contributed by atoms with E-state index in [9.17, 15) is 4.39 Å². The molecule has 108 valence electrons. The summed E-state index contributed by atoms with van der Waals surface area (Å²) in [6.07, 6.45) is 1.62. The van der Waals surface area contributed by atoms with Gasteiger partial charge in [0.15, 0.2) is 0 Å². The lowest BCUT2D eigenvalue weighted by atomic mass is 9.77. The fraction of sp³-hybridized carbons (Fsp3) is 0.600. The van der Waals surface area contributed by atoms with Gasteiger partial charge in [-0.2, -0.15) is 0 Å². The van der Waals surface area contributed by atoms with Crippen molar-refractivity contribution >= 4 is 12.6 Å². The highest BCUT2D eigenvalue weighted by Gasteiger charge is 2.52. The molecule has 1 aromatic rings. The quantitative estimate of drug-likeness (QED) is 0.799. The highest BCUT2D eigenvalue weighted by atomic mass is 19.1. The van der Waals surface area contributed by atoms with E-state index >= 15 is 0 Å². The average molecular weight is 277 g/mol. The summed E-state index contributed by atoms with van der Waals surface area (Å²) in [5.74, 6) is -0.239. The van der Waals surface area contributed by atoms with Gasteiger partial charge in [-0.3, -0.25) is 0 Å². The molecule has 0 radical (unpaired) electrons. The fourth-order valence-electron chi connectivity index (χ4n) is 2.89. The molecule has 1 atom stereocenters. The SMILES string of the molecule is CC1(C)OB(c2cc(F)c3c(c2)CCC3N)OC1(C)C. The minimum absolute atomic E-state index is 0.183. The van der Waals surface area contributed by atoms with Crippen LogP contribution in [0, 0.1) is 5.82 Å². The third-order valence-corrected chi connectivity index (χ3v) is 4.86. The Labute approximate surface area is 119 Å². The molecule has 0 amide bonds. The third-order valence-electron chi connectivity index (χ3n) is 4.86. The zero-order chi connectivity index (χ0) is 14.7. The minimum atomic E-state index is -0.517. The van der Waals surface area contributed by atoms with E-state index in [1.807, 2.05) is 33.8 Å². The average Bonchev–Trinajstić information content (AvgIpc) is 2.78. The van der Waals surface area contributed by atoms with Gasteiger partial charge >= 0.3 is 7.12 Å². The number of benzene rings is 1. The predicted molar refractivity (Wildman–Crippen MR) is 77.4 cm³/mol. The molecule has 0 bridgehead atoms. The summed E-state index contributed by atoms with van der Waals surface area (Å²) in [7, 11) is -0.517. The second-order valence-corrected chi connectivity index (χ2v) is 6.81. The fourth-order valence-corrected chi connectivity index (χ4v) is 2.89. The maximum Gasteiger partial charge on any atom is 0.494 e. The normalized spacial score (nSPS) is 26.9. The van der Waals surface area contributed by atoms with Gasteiger partial charge in [0.1, 0.15) is 5.82 Å². The molecule has 2 aliphatic rings. The van der Waals surface area contributed by atoms with Crippen LogP contribution in [0.5, 0.6) is 0 Å². The van der Waals surface area contributed by atoms with Gasteiger partial charge in [0.25, 0.3) is 0 Å². The molecule has 3 rings (SSSR count). The molecule has 0 spiro atoms. The summed E-state index contributed by atoms with van der Waals surface area (Å²) in [6.45, 7) is 7.97.